The topological polar surface area (TPSA) is 52.3 Å². The van der Waals surface area contributed by atoms with Gasteiger partial charge in [-0.15, -0.1) is 0 Å². The van der Waals surface area contributed by atoms with Crippen LogP contribution in [0.4, 0.5) is 0 Å². The van der Waals surface area contributed by atoms with Gasteiger partial charge in [-0.1, -0.05) is 18.2 Å². The Bertz CT molecular complexity index is 361. The van der Waals surface area contributed by atoms with Crippen molar-refractivity contribution in [1.29, 1.82) is 0 Å². The second-order valence-electron chi connectivity index (χ2n) is 4.40. The Labute approximate surface area is 103 Å². The molecule has 0 fully saturated rings. The lowest BCUT2D eigenvalue weighted by atomic mass is 10.0. The summed E-state index contributed by atoms with van der Waals surface area (Å²) in [5.74, 6) is 1.03. The van der Waals surface area contributed by atoms with Gasteiger partial charge in [0.25, 0.3) is 0 Å². The van der Waals surface area contributed by atoms with Gasteiger partial charge in [0.15, 0.2) is 0 Å². The molecule has 0 spiro atoms. The number of para-hydroxylation sites is 1. The van der Waals surface area contributed by atoms with Crippen LogP contribution in [0.25, 0.3) is 0 Å². The summed E-state index contributed by atoms with van der Waals surface area (Å²) in [5, 5.41) is 0. The molecule has 94 valence electrons. The van der Waals surface area contributed by atoms with Crippen LogP contribution in [0, 0.1) is 0 Å². The second kappa shape index (κ2) is 7.07. The SMILES string of the molecule is COc1ccccc1CC(=O)CCCC(C)N. The van der Waals surface area contributed by atoms with Crippen molar-refractivity contribution in [1.82, 2.24) is 0 Å². The molecular weight excluding hydrogens is 214 g/mol. The third-order valence-electron chi connectivity index (χ3n) is 2.70. The average molecular weight is 235 g/mol. The molecule has 1 unspecified atom stereocenters. The number of Topliss-reactive ketones (excluding diaryl/α,β-unsaturated/α-hetero) is 1. The van der Waals surface area contributed by atoms with Crippen molar-refractivity contribution >= 4 is 5.78 Å². The van der Waals surface area contributed by atoms with Crippen molar-refractivity contribution < 1.29 is 9.53 Å². The number of ketones is 1. The first kappa shape index (κ1) is 13.7. The summed E-state index contributed by atoms with van der Waals surface area (Å²) in [7, 11) is 1.62. The molecule has 3 heteroatoms. The summed E-state index contributed by atoms with van der Waals surface area (Å²) in [5.41, 5.74) is 6.60. The summed E-state index contributed by atoms with van der Waals surface area (Å²) in [4.78, 5) is 11.8. The molecule has 0 saturated carbocycles. The smallest absolute Gasteiger partial charge is 0.137 e. The third-order valence-corrected chi connectivity index (χ3v) is 2.70. The third kappa shape index (κ3) is 5.00. The number of rotatable bonds is 7. The van der Waals surface area contributed by atoms with Gasteiger partial charge in [0.1, 0.15) is 11.5 Å². The van der Waals surface area contributed by atoms with Crippen molar-refractivity contribution in [2.75, 3.05) is 7.11 Å². The predicted molar refractivity (Wildman–Crippen MR) is 69.2 cm³/mol. The molecule has 0 aliphatic rings. The van der Waals surface area contributed by atoms with Crippen LogP contribution in [0.3, 0.4) is 0 Å². The van der Waals surface area contributed by atoms with Gasteiger partial charge < -0.3 is 10.5 Å². The number of ether oxygens (including phenoxy) is 1. The number of benzene rings is 1. The van der Waals surface area contributed by atoms with Gasteiger partial charge >= 0.3 is 0 Å². The summed E-state index contributed by atoms with van der Waals surface area (Å²) < 4.78 is 5.22. The fourth-order valence-electron chi connectivity index (χ4n) is 1.77. The molecule has 0 aromatic heterocycles. The first-order chi connectivity index (χ1) is 8.13. The Morgan fingerprint density at radius 1 is 1.41 bits per heavy atom. The highest BCUT2D eigenvalue weighted by molar-refractivity contribution is 5.81. The van der Waals surface area contributed by atoms with Crippen molar-refractivity contribution in [2.45, 2.75) is 38.6 Å². The van der Waals surface area contributed by atoms with Crippen molar-refractivity contribution in [3.63, 3.8) is 0 Å². The van der Waals surface area contributed by atoms with Gasteiger partial charge in [-0.25, -0.2) is 0 Å². The molecule has 3 nitrogen and oxygen atoms in total. The minimum absolute atomic E-state index is 0.175. The quantitative estimate of drug-likeness (QED) is 0.789. The highest BCUT2D eigenvalue weighted by Gasteiger charge is 2.08. The maximum absolute atomic E-state index is 11.8. The Hall–Kier alpha value is -1.35. The average Bonchev–Trinajstić information content (AvgIpc) is 2.29. The van der Waals surface area contributed by atoms with E-state index in [-0.39, 0.29) is 11.8 Å². The molecule has 1 aromatic rings. The fraction of sp³-hybridized carbons (Fsp3) is 0.500. The predicted octanol–water partition coefficient (Wildman–Crippen LogP) is 2.32. The number of hydrogen-bond donors (Lipinski definition) is 1. The molecule has 0 saturated heterocycles. The highest BCUT2D eigenvalue weighted by Crippen LogP contribution is 2.18. The van der Waals surface area contributed by atoms with Crippen LogP contribution in [-0.4, -0.2) is 18.9 Å². The lowest BCUT2D eigenvalue weighted by Crippen LogP contribution is -2.15. The van der Waals surface area contributed by atoms with Crippen molar-refractivity contribution in [3.05, 3.63) is 29.8 Å². The summed E-state index contributed by atoms with van der Waals surface area (Å²) in [6.07, 6.45) is 2.81. The van der Waals surface area contributed by atoms with Crippen LogP contribution in [0.1, 0.15) is 31.7 Å². The summed E-state index contributed by atoms with van der Waals surface area (Å²) >= 11 is 0. The lowest BCUT2D eigenvalue weighted by Gasteiger charge is -2.08. The minimum Gasteiger partial charge on any atom is -0.496 e. The van der Waals surface area contributed by atoms with Crippen LogP contribution < -0.4 is 10.5 Å². The van der Waals surface area contributed by atoms with E-state index in [0.717, 1.165) is 24.2 Å². The van der Waals surface area contributed by atoms with E-state index in [9.17, 15) is 4.79 Å². The van der Waals surface area contributed by atoms with E-state index < -0.39 is 0 Å². The maximum Gasteiger partial charge on any atom is 0.137 e. The van der Waals surface area contributed by atoms with E-state index >= 15 is 0 Å². The van der Waals surface area contributed by atoms with Gasteiger partial charge in [-0.05, 0) is 25.8 Å². The molecule has 1 aromatic carbocycles. The molecule has 0 aliphatic heterocycles. The molecule has 0 radical (unpaired) electrons. The van der Waals surface area contributed by atoms with E-state index in [2.05, 4.69) is 0 Å². The maximum atomic E-state index is 11.8. The number of carbonyl (C=O) groups is 1. The summed E-state index contributed by atoms with van der Waals surface area (Å²) in [6.45, 7) is 1.96. The van der Waals surface area contributed by atoms with Gasteiger partial charge in [0.2, 0.25) is 0 Å². The number of carbonyl (C=O) groups excluding carboxylic acids is 1. The molecule has 17 heavy (non-hydrogen) atoms. The molecule has 0 bridgehead atoms. The zero-order valence-corrected chi connectivity index (χ0v) is 10.6. The monoisotopic (exact) mass is 235 g/mol. The Balaban J connectivity index is 2.45. The molecule has 1 atom stereocenters. The molecule has 0 amide bonds. The number of nitrogens with two attached hydrogens (primary N) is 1. The largest absolute Gasteiger partial charge is 0.496 e. The molecule has 0 aliphatic carbocycles. The number of hydrogen-bond acceptors (Lipinski definition) is 3. The molecule has 2 N–H and O–H groups in total. The van der Waals surface area contributed by atoms with Gasteiger partial charge in [0.05, 0.1) is 7.11 Å². The molecular formula is C14H21NO2. The van der Waals surface area contributed by atoms with Crippen LogP contribution in [0.5, 0.6) is 5.75 Å². The van der Waals surface area contributed by atoms with E-state index in [1.165, 1.54) is 0 Å². The zero-order valence-electron chi connectivity index (χ0n) is 10.6. The lowest BCUT2D eigenvalue weighted by molar-refractivity contribution is -0.118. The van der Waals surface area contributed by atoms with E-state index in [0.29, 0.717) is 12.8 Å². The van der Waals surface area contributed by atoms with Crippen LogP contribution in [-0.2, 0) is 11.2 Å². The first-order valence-electron chi connectivity index (χ1n) is 6.02. The van der Waals surface area contributed by atoms with Gasteiger partial charge in [-0.2, -0.15) is 0 Å². The highest BCUT2D eigenvalue weighted by atomic mass is 16.5. The molecule has 1 rings (SSSR count). The Morgan fingerprint density at radius 2 is 2.12 bits per heavy atom. The van der Waals surface area contributed by atoms with E-state index in [1.807, 2.05) is 31.2 Å². The standard InChI is InChI=1S/C14H21NO2/c1-11(15)6-5-8-13(16)10-12-7-3-4-9-14(12)17-2/h3-4,7,9,11H,5-6,8,10,15H2,1-2H3. The Kier molecular flexibility index (Phi) is 5.70. The van der Waals surface area contributed by atoms with E-state index in [4.69, 9.17) is 10.5 Å². The zero-order chi connectivity index (χ0) is 12.7. The van der Waals surface area contributed by atoms with Crippen LogP contribution in [0.15, 0.2) is 24.3 Å². The number of methoxy groups -OCH3 is 1. The normalized spacial score (nSPS) is 12.2. The first-order valence-corrected chi connectivity index (χ1v) is 6.02. The van der Waals surface area contributed by atoms with Crippen molar-refractivity contribution in [3.8, 4) is 5.75 Å². The van der Waals surface area contributed by atoms with Gasteiger partial charge in [-0.3, -0.25) is 4.79 Å². The van der Waals surface area contributed by atoms with E-state index in [1.54, 1.807) is 7.11 Å². The van der Waals surface area contributed by atoms with Gasteiger partial charge in [0, 0.05) is 24.4 Å². The minimum atomic E-state index is 0.175. The molecule has 0 heterocycles. The second-order valence-corrected chi connectivity index (χ2v) is 4.40. The van der Waals surface area contributed by atoms with Crippen molar-refractivity contribution in [2.24, 2.45) is 5.73 Å². The summed E-state index contributed by atoms with van der Waals surface area (Å²) in [6, 6.07) is 7.82. The van der Waals surface area contributed by atoms with Crippen LogP contribution in [0.2, 0.25) is 0 Å². The fourth-order valence-corrected chi connectivity index (χ4v) is 1.77. The Morgan fingerprint density at radius 3 is 2.76 bits per heavy atom. The van der Waals surface area contributed by atoms with Crippen LogP contribution >= 0.6 is 0 Å².